The molecule has 0 atom stereocenters. The smallest absolute Gasteiger partial charge is 0.416 e. The molecule has 3 nitrogen and oxygen atoms in total. The van der Waals surface area contributed by atoms with Crippen LogP contribution in [0.4, 0.5) is 13.2 Å². The summed E-state index contributed by atoms with van der Waals surface area (Å²) in [5.41, 5.74) is -0.686. The molecule has 0 unspecified atom stereocenters. The topological polar surface area (TPSA) is 24.5 Å². The van der Waals surface area contributed by atoms with Gasteiger partial charge in [-0.25, -0.2) is 0 Å². The van der Waals surface area contributed by atoms with E-state index >= 15 is 0 Å². The molecule has 0 aromatic heterocycles. The van der Waals surface area contributed by atoms with Crippen molar-refractivity contribution in [2.45, 2.75) is 20.0 Å². The number of benzene rings is 1. The van der Waals surface area contributed by atoms with Crippen LogP contribution in [-0.4, -0.2) is 44.2 Å². The van der Waals surface area contributed by atoms with Crippen molar-refractivity contribution in [3.05, 3.63) is 29.8 Å². The van der Waals surface area contributed by atoms with Crippen LogP contribution >= 0.6 is 0 Å². The summed E-state index contributed by atoms with van der Waals surface area (Å²) in [5.74, 6) is 0.246. The fraction of sp³-hybridized carbons (Fsp3) is 0.600. The predicted octanol–water partition coefficient (Wildman–Crippen LogP) is 3.02. The first-order valence-electron chi connectivity index (χ1n) is 7.20. The van der Waals surface area contributed by atoms with Crippen LogP contribution in [0.3, 0.4) is 0 Å². The first kappa shape index (κ1) is 17.8. The molecule has 0 bridgehead atoms. The zero-order valence-corrected chi connectivity index (χ0v) is 12.5. The Morgan fingerprint density at radius 2 is 1.86 bits per heavy atom. The number of nitrogens with zero attached hydrogens (tertiary/aromatic N) is 1. The van der Waals surface area contributed by atoms with Crippen LogP contribution < -0.4 is 10.1 Å². The predicted molar refractivity (Wildman–Crippen MR) is 77.6 cm³/mol. The molecule has 0 fully saturated rings. The number of ether oxygens (including phenoxy) is 1. The van der Waals surface area contributed by atoms with Gasteiger partial charge in [0.05, 0.1) is 5.56 Å². The van der Waals surface area contributed by atoms with Gasteiger partial charge in [0.2, 0.25) is 0 Å². The second-order valence-corrected chi connectivity index (χ2v) is 4.65. The van der Waals surface area contributed by atoms with Gasteiger partial charge in [0.25, 0.3) is 0 Å². The van der Waals surface area contributed by atoms with E-state index in [1.165, 1.54) is 12.1 Å². The van der Waals surface area contributed by atoms with Crippen LogP contribution in [0.1, 0.15) is 19.4 Å². The third-order valence-electron chi connectivity index (χ3n) is 3.21. The number of hydrogen-bond donors (Lipinski definition) is 1. The average molecular weight is 304 g/mol. The fourth-order valence-electron chi connectivity index (χ4n) is 1.91. The van der Waals surface area contributed by atoms with E-state index < -0.39 is 11.7 Å². The molecule has 1 N–H and O–H groups in total. The highest BCUT2D eigenvalue weighted by molar-refractivity contribution is 5.30. The van der Waals surface area contributed by atoms with Crippen molar-refractivity contribution in [2.24, 2.45) is 0 Å². The van der Waals surface area contributed by atoms with E-state index in [-0.39, 0.29) is 5.75 Å². The summed E-state index contributed by atoms with van der Waals surface area (Å²) in [7, 11) is 0. The minimum absolute atomic E-state index is 0.246. The van der Waals surface area contributed by atoms with Crippen LogP contribution in [0.2, 0.25) is 0 Å². The van der Waals surface area contributed by atoms with Gasteiger partial charge in [0.15, 0.2) is 0 Å². The van der Waals surface area contributed by atoms with Crippen LogP contribution in [-0.2, 0) is 6.18 Å². The van der Waals surface area contributed by atoms with Crippen molar-refractivity contribution in [1.82, 2.24) is 10.2 Å². The lowest BCUT2D eigenvalue weighted by Gasteiger charge is -2.18. The van der Waals surface area contributed by atoms with Crippen molar-refractivity contribution >= 4 is 0 Å². The molecular formula is C15H23F3N2O. The molecule has 0 aliphatic carbocycles. The maximum absolute atomic E-state index is 12.5. The van der Waals surface area contributed by atoms with Crippen LogP contribution in [0.15, 0.2) is 24.3 Å². The van der Waals surface area contributed by atoms with E-state index in [9.17, 15) is 13.2 Å². The van der Waals surface area contributed by atoms with Gasteiger partial charge in [0, 0.05) is 19.6 Å². The Hall–Kier alpha value is -1.27. The normalized spacial score (nSPS) is 11.9. The van der Waals surface area contributed by atoms with Gasteiger partial charge in [-0.1, -0.05) is 19.9 Å². The molecular weight excluding hydrogens is 281 g/mol. The fourth-order valence-corrected chi connectivity index (χ4v) is 1.91. The Bertz CT molecular complexity index is 406. The van der Waals surface area contributed by atoms with Gasteiger partial charge in [-0.15, -0.1) is 0 Å². The summed E-state index contributed by atoms with van der Waals surface area (Å²) in [4.78, 5) is 2.29. The van der Waals surface area contributed by atoms with Crippen molar-refractivity contribution < 1.29 is 17.9 Å². The highest BCUT2D eigenvalue weighted by Gasteiger charge is 2.30. The lowest BCUT2D eigenvalue weighted by Crippen LogP contribution is -2.33. The Kier molecular flexibility index (Phi) is 7.53. The number of likely N-dealkylation sites (N-methyl/N-ethyl adjacent to an activating group) is 1. The molecule has 1 aromatic rings. The van der Waals surface area contributed by atoms with Crippen molar-refractivity contribution in [1.29, 1.82) is 0 Å². The number of halogens is 3. The molecule has 1 aromatic carbocycles. The first-order valence-corrected chi connectivity index (χ1v) is 7.20. The maximum atomic E-state index is 12.5. The Morgan fingerprint density at radius 3 is 2.48 bits per heavy atom. The number of rotatable bonds is 9. The van der Waals surface area contributed by atoms with Crippen molar-refractivity contribution in [3.8, 4) is 5.75 Å². The molecule has 0 aliphatic rings. The lowest BCUT2D eigenvalue weighted by molar-refractivity contribution is -0.137. The van der Waals surface area contributed by atoms with Gasteiger partial charge in [0.1, 0.15) is 12.4 Å². The van der Waals surface area contributed by atoms with Gasteiger partial charge >= 0.3 is 6.18 Å². The van der Waals surface area contributed by atoms with Gasteiger partial charge in [-0.3, -0.25) is 0 Å². The molecule has 0 spiro atoms. The van der Waals surface area contributed by atoms with Crippen LogP contribution in [0.5, 0.6) is 5.75 Å². The summed E-state index contributed by atoms with van der Waals surface area (Å²) in [6.07, 6.45) is -4.33. The maximum Gasteiger partial charge on any atom is 0.416 e. The third kappa shape index (κ3) is 6.82. The minimum atomic E-state index is -4.33. The molecule has 120 valence electrons. The summed E-state index contributed by atoms with van der Waals surface area (Å²) in [6.45, 7) is 9.00. The SMILES string of the molecule is CCN(CC)CCNCCOc1cccc(C(F)(F)F)c1. The molecule has 0 amide bonds. The quantitative estimate of drug-likeness (QED) is 0.710. The molecule has 21 heavy (non-hydrogen) atoms. The van der Waals surface area contributed by atoms with Gasteiger partial charge in [-0.05, 0) is 31.3 Å². The molecule has 1 rings (SSSR count). The van der Waals surface area contributed by atoms with Crippen molar-refractivity contribution in [3.63, 3.8) is 0 Å². The summed E-state index contributed by atoms with van der Waals surface area (Å²) >= 11 is 0. The largest absolute Gasteiger partial charge is 0.492 e. The molecule has 0 aliphatic heterocycles. The second-order valence-electron chi connectivity index (χ2n) is 4.65. The molecule has 0 heterocycles. The monoisotopic (exact) mass is 304 g/mol. The Balaban J connectivity index is 2.24. The van der Waals surface area contributed by atoms with Crippen LogP contribution in [0.25, 0.3) is 0 Å². The molecule has 0 radical (unpaired) electrons. The zero-order chi connectivity index (χ0) is 15.7. The Labute approximate surface area is 124 Å². The first-order chi connectivity index (χ1) is 9.97. The van der Waals surface area contributed by atoms with E-state index in [2.05, 4.69) is 24.1 Å². The average Bonchev–Trinajstić information content (AvgIpc) is 2.46. The van der Waals surface area contributed by atoms with E-state index in [0.717, 1.165) is 38.3 Å². The summed E-state index contributed by atoms with van der Waals surface area (Å²) < 4.78 is 42.9. The van der Waals surface area contributed by atoms with E-state index in [0.29, 0.717) is 13.2 Å². The van der Waals surface area contributed by atoms with Gasteiger partial charge in [-0.2, -0.15) is 13.2 Å². The standard InChI is InChI=1S/C15H23F3N2O/c1-3-20(4-2)10-8-19-9-11-21-14-7-5-6-13(12-14)15(16,17)18/h5-7,12,19H,3-4,8-11H2,1-2H3. The molecule has 0 saturated carbocycles. The molecule has 0 saturated heterocycles. The lowest BCUT2D eigenvalue weighted by atomic mass is 10.2. The second kappa shape index (κ2) is 8.89. The summed E-state index contributed by atoms with van der Waals surface area (Å²) in [5, 5.41) is 3.21. The minimum Gasteiger partial charge on any atom is -0.492 e. The highest BCUT2D eigenvalue weighted by Crippen LogP contribution is 2.31. The summed E-state index contributed by atoms with van der Waals surface area (Å²) in [6, 6.07) is 4.95. The number of nitrogens with one attached hydrogen (secondary N) is 1. The zero-order valence-electron chi connectivity index (χ0n) is 12.5. The number of alkyl halides is 3. The molecule has 6 heteroatoms. The van der Waals surface area contributed by atoms with E-state index in [1.54, 1.807) is 0 Å². The van der Waals surface area contributed by atoms with Crippen LogP contribution in [0, 0.1) is 0 Å². The Morgan fingerprint density at radius 1 is 1.14 bits per heavy atom. The number of hydrogen-bond acceptors (Lipinski definition) is 3. The van der Waals surface area contributed by atoms with E-state index in [4.69, 9.17) is 4.74 Å². The van der Waals surface area contributed by atoms with E-state index in [1.807, 2.05) is 0 Å². The highest BCUT2D eigenvalue weighted by atomic mass is 19.4. The third-order valence-corrected chi connectivity index (χ3v) is 3.21. The van der Waals surface area contributed by atoms with Gasteiger partial charge < -0.3 is 15.0 Å². The van der Waals surface area contributed by atoms with Crippen molar-refractivity contribution in [2.75, 3.05) is 39.3 Å².